The van der Waals surface area contributed by atoms with Gasteiger partial charge < -0.3 is 15.0 Å². The smallest absolute Gasteiger partial charge is 0.264 e. The van der Waals surface area contributed by atoms with Gasteiger partial charge in [0.05, 0.1) is 17.7 Å². The van der Waals surface area contributed by atoms with Gasteiger partial charge in [-0.2, -0.15) is 0 Å². The zero-order chi connectivity index (χ0) is 30.0. The molecule has 41 heavy (non-hydrogen) atoms. The second-order valence-electron chi connectivity index (χ2n) is 9.68. The summed E-state index contributed by atoms with van der Waals surface area (Å²) in [6.07, 6.45) is 2.04. The summed E-state index contributed by atoms with van der Waals surface area (Å²) >= 11 is 6.45. The molecule has 8 nitrogen and oxygen atoms in total. The molecular weight excluding hydrogens is 562 g/mol. The van der Waals surface area contributed by atoms with Crippen LogP contribution in [0.15, 0.2) is 77.7 Å². The van der Waals surface area contributed by atoms with Gasteiger partial charge in [0, 0.05) is 18.1 Å². The number of ether oxygens (including phenoxy) is 1. The van der Waals surface area contributed by atoms with Crippen molar-refractivity contribution in [3.63, 3.8) is 0 Å². The van der Waals surface area contributed by atoms with Gasteiger partial charge in [-0.1, -0.05) is 79.9 Å². The van der Waals surface area contributed by atoms with E-state index in [1.54, 1.807) is 60.7 Å². The Morgan fingerprint density at radius 1 is 0.976 bits per heavy atom. The first kappa shape index (κ1) is 32.0. The Kier molecular flexibility index (Phi) is 11.6. The number of benzene rings is 3. The van der Waals surface area contributed by atoms with Crippen molar-refractivity contribution in [2.45, 2.75) is 57.5 Å². The fourth-order valence-electron chi connectivity index (χ4n) is 4.42. The molecular formula is C31H38ClN3O5S. The summed E-state index contributed by atoms with van der Waals surface area (Å²) in [5.41, 5.74) is 1.75. The number of halogens is 1. The van der Waals surface area contributed by atoms with Crippen molar-refractivity contribution >= 4 is 39.1 Å². The molecule has 0 aliphatic rings. The van der Waals surface area contributed by atoms with Crippen LogP contribution in [0, 0.1) is 6.92 Å². The van der Waals surface area contributed by atoms with Crippen LogP contribution < -0.4 is 14.4 Å². The molecule has 2 amide bonds. The van der Waals surface area contributed by atoms with Crippen LogP contribution in [0.5, 0.6) is 5.75 Å². The number of unbranched alkanes of at least 4 members (excludes halogenated alkanes) is 1. The minimum atomic E-state index is -4.20. The summed E-state index contributed by atoms with van der Waals surface area (Å²) in [7, 11) is -2.76. The molecule has 0 bridgehead atoms. The van der Waals surface area contributed by atoms with Gasteiger partial charge in [0.2, 0.25) is 11.8 Å². The van der Waals surface area contributed by atoms with Gasteiger partial charge >= 0.3 is 0 Å². The third-order valence-electron chi connectivity index (χ3n) is 6.76. The molecule has 3 aromatic carbocycles. The predicted octanol–water partition coefficient (Wildman–Crippen LogP) is 5.58. The number of nitrogens with one attached hydrogen (secondary N) is 1. The molecule has 1 N–H and O–H groups in total. The van der Waals surface area contributed by atoms with Crippen molar-refractivity contribution < 1.29 is 22.7 Å². The lowest BCUT2D eigenvalue weighted by molar-refractivity contribution is -0.140. The number of methoxy groups -OCH3 is 1. The second kappa shape index (κ2) is 14.9. The maximum Gasteiger partial charge on any atom is 0.264 e. The van der Waals surface area contributed by atoms with Crippen LogP contribution in [0.2, 0.25) is 5.02 Å². The molecule has 0 saturated heterocycles. The minimum absolute atomic E-state index is 0.0303. The lowest BCUT2D eigenvalue weighted by atomic mass is 10.1. The average Bonchev–Trinajstić information content (AvgIpc) is 2.97. The molecule has 0 aliphatic heterocycles. The number of anilines is 1. The molecule has 1 atom stereocenters. The van der Waals surface area contributed by atoms with E-state index in [2.05, 4.69) is 5.32 Å². The molecule has 0 heterocycles. The third kappa shape index (κ3) is 8.01. The second-order valence-corrected chi connectivity index (χ2v) is 11.9. The fourth-order valence-corrected chi connectivity index (χ4v) is 6.04. The highest BCUT2D eigenvalue weighted by molar-refractivity contribution is 7.92. The number of hydrogen-bond acceptors (Lipinski definition) is 5. The van der Waals surface area contributed by atoms with Crippen LogP contribution in [0.1, 0.15) is 44.2 Å². The molecule has 0 radical (unpaired) electrons. The monoisotopic (exact) mass is 599 g/mol. The highest BCUT2D eigenvalue weighted by Gasteiger charge is 2.34. The van der Waals surface area contributed by atoms with Gasteiger partial charge in [0.15, 0.2) is 0 Å². The molecule has 220 valence electrons. The van der Waals surface area contributed by atoms with E-state index in [1.165, 1.54) is 24.1 Å². The third-order valence-corrected chi connectivity index (χ3v) is 8.90. The maximum atomic E-state index is 14.2. The number of carbonyl (C=O) groups excluding carboxylic acids is 2. The molecule has 0 fully saturated rings. The van der Waals surface area contributed by atoms with E-state index in [9.17, 15) is 18.0 Å². The Morgan fingerprint density at radius 3 is 2.27 bits per heavy atom. The molecule has 3 aromatic rings. The average molecular weight is 600 g/mol. The summed E-state index contributed by atoms with van der Waals surface area (Å²) in [4.78, 5) is 28.9. The Bertz CT molecular complexity index is 1430. The number of amides is 2. The summed E-state index contributed by atoms with van der Waals surface area (Å²) in [5.74, 6) is -0.561. The Morgan fingerprint density at radius 2 is 1.63 bits per heavy atom. The van der Waals surface area contributed by atoms with Crippen LogP contribution in [-0.4, -0.2) is 51.4 Å². The Labute approximate surface area is 248 Å². The van der Waals surface area contributed by atoms with Gasteiger partial charge in [-0.15, -0.1) is 0 Å². The normalized spacial score (nSPS) is 11.9. The fraction of sp³-hybridized carbons (Fsp3) is 0.355. The number of para-hydroxylation sites is 2. The largest absolute Gasteiger partial charge is 0.495 e. The van der Waals surface area contributed by atoms with E-state index >= 15 is 0 Å². The van der Waals surface area contributed by atoms with E-state index in [4.69, 9.17) is 16.3 Å². The van der Waals surface area contributed by atoms with Crippen molar-refractivity contribution in [2.75, 3.05) is 24.5 Å². The van der Waals surface area contributed by atoms with Crippen molar-refractivity contribution in [1.82, 2.24) is 10.2 Å². The van der Waals surface area contributed by atoms with Gasteiger partial charge in [-0.05, 0) is 55.7 Å². The van der Waals surface area contributed by atoms with E-state index in [1.807, 2.05) is 20.8 Å². The highest BCUT2D eigenvalue weighted by Crippen LogP contribution is 2.33. The first-order valence-corrected chi connectivity index (χ1v) is 15.5. The first-order chi connectivity index (χ1) is 19.6. The summed E-state index contributed by atoms with van der Waals surface area (Å²) in [6, 6.07) is 19.3. The summed E-state index contributed by atoms with van der Waals surface area (Å²) < 4.78 is 34.6. The van der Waals surface area contributed by atoms with E-state index in [0.717, 1.165) is 22.7 Å². The topological polar surface area (TPSA) is 96.0 Å². The van der Waals surface area contributed by atoms with Crippen LogP contribution in [0.4, 0.5) is 5.69 Å². The van der Waals surface area contributed by atoms with Gasteiger partial charge in [0.1, 0.15) is 18.3 Å². The molecule has 0 saturated carbocycles. The molecule has 1 unspecified atom stereocenters. The number of rotatable bonds is 14. The predicted molar refractivity (Wildman–Crippen MR) is 163 cm³/mol. The minimum Gasteiger partial charge on any atom is -0.495 e. The number of carbonyl (C=O) groups is 2. The van der Waals surface area contributed by atoms with E-state index < -0.39 is 28.5 Å². The number of nitrogens with zero attached hydrogens (tertiary/aromatic N) is 2. The lowest BCUT2D eigenvalue weighted by Crippen LogP contribution is -2.52. The SMILES string of the molecule is CCCCNC(=O)C(CC)N(Cc1ccccc1Cl)C(=O)CN(c1ccccc1OC)S(=O)(=O)c1ccc(C)cc1. The lowest BCUT2D eigenvalue weighted by Gasteiger charge is -2.33. The number of hydrogen-bond donors (Lipinski definition) is 1. The van der Waals surface area contributed by atoms with Crippen LogP contribution >= 0.6 is 11.6 Å². The quantitative estimate of drug-likeness (QED) is 0.244. The Balaban J connectivity index is 2.08. The van der Waals surface area contributed by atoms with Crippen molar-refractivity contribution in [3.05, 3.63) is 88.9 Å². The maximum absolute atomic E-state index is 14.2. The highest BCUT2D eigenvalue weighted by atomic mass is 35.5. The summed E-state index contributed by atoms with van der Waals surface area (Å²) in [5, 5.41) is 3.36. The van der Waals surface area contributed by atoms with Crippen molar-refractivity contribution in [2.24, 2.45) is 0 Å². The van der Waals surface area contributed by atoms with E-state index in [0.29, 0.717) is 23.6 Å². The van der Waals surface area contributed by atoms with Crippen molar-refractivity contribution in [3.8, 4) is 5.75 Å². The molecule has 10 heteroatoms. The van der Waals surface area contributed by atoms with Crippen LogP contribution in [0.25, 0.3) is 0 Å². The standard InChI is InChI=1S/C31H38ClN3O5S/c1-5-7-20-33-31(37)27(6-2)34(21-24-12-8-9-13-26(24)32)30(36)22-35(28-14-10-11-15-29(28)40-4)41(38,39)25-18-16-23(3)17-19-25/h8-19,27H,5-7,20-22H2,1-4H3,(H,33,37). The van der Waals surface area contributed by atoms with Gasteiger partial charge in [-0.25, -0.2) is 8.42 Å². The van der Waals surface area contributed by atoms with Crippen LogP contribution in [-0.2, 0) is 26.2 Å². The molecule has 0 spiro atoms. The number of aryl methyl sites for hydroxylation is 1. The van der Waals surface area contributed by atoms with Crippen LogP contribution in [0.3, 0.4) is 0 Å². The molecule has 0 aromatic heterocycles. The first-order valence-electron chi connectivity index (χ1n) is 13.7. The van der Waals surface area contributed by atoms with Gasteiger partial charge in [-0.3, -0.25) is 13.9 Å². The number of sulfonamides is 1. The molecule has 3 rings (SSSR count). The van der Waals surface area contributed by atoms with E-state index in [-0.39, 0.29) is 28.8 Å². The van der Waals surface area contributed by atoms with Crippen molar-refractivity contribution in [1.29, 1.82) is 0 Å². The Hall–Kier alpha value is -3.56. The molecule has 0 aliphatic carbocycles. The summed E-state index contributed by atoms with van der Waals surface area (Å²) in [6.45, 7) is 5.66. The zero-order valence-corrected chi connectivity index (χ0v) is 25.5. The zero-order valence-electron chi connectivity index (χ0n) is 24.0. The van der Waals surface area contributed by atoms with Gasteiger partial charge in [0.25, 0.3) is 10.0 Å².